The number of aliphatic hydroxyl groups is 1. The van der Waals surface area contributed by atoms with E-state index in [-0.39, 0.29) is 11.6 Å². The molecule has 38 heavy (non-hydrogen) atoms. The van der Waals surface area contributed by atoms with Gasteiger partial charge in [-0.3, -0.25) is 9.32 Å². The number of halogens is 2. The number of anilines is 1. The van der Waals surface area contributed by atoms with Crippen LogP contribution < -0.4 is 15.9 Å². The van der Waals surface area contributed by atoms with Crippen molar-refractivity contribution in [1.82, 2.24) is 14.8 Å². The first-order valence-corrected chi connectivity index (χ1v) is 13.3. The zero-order valence-corrected chi connectivity index (χ0v) is 22.1. The molecule has 0 radical (unpaired) electrons. The van der Waals surface area contributed by atoms with Gasteiger partial charge in [0.1, 0.15) is 23.8 Å². The van der Waals surface area contributed by atoms with Crippen molar-refractivity contribution in [3.63, 3.8) is 0 Å². The predicted molar refractivity (Wildman–Crippen MR) is 134 cm³/mol. The van der Waals surface area contributed by atoms with Crippen LogP contribution >= 0.6 is 19.2 Å². The first kappa shape index (κ1) is 26.6. The monoisotopic (exact) mass is 574 g/mol. The van der Waals surface area contributed by atoms with Gasteiger partial charge < -0.3 is 24.8 Å². The number of esters is 1. The fourth-order valence-corrected chi connectivity index (χ4v) is 5.22. The van der Waals surface area contributed by atoms with Crippen LogP contribution in [0.5, 0.6) is 5.75 Å². The van der Waals surface area contributed by atoms with Crippen LogP contribution in [-0.2, 0) is 23.4 Å². The van der Waals surface area contributed by atoms with E-state index in [1.165, 1.54) is 19.1 Å². The normalized spacial score (nSPS) is 26.3. The molecule has 3 rings (SSSR count). The van der Waals surface area contributed by atoms with Crippen LogP contribution in [-0.4, -0.2) is 62.5 Å². The maximum atomic E-state index is 16.1. The first-order valence-electron chi connectivity index (χ1n) is 12.2. The first-order chi connectivity index (χ1) is 18.6. The van der Waals surface area contributed by atoms with Crippen molar-refractivity contribution < 1.29 is 40.1 Å². The second-order valence-corrected chi connectivity index (χ2v) is 10.7. The Balaban J connectivity index is 1.99. The second kappa shape index (κ2) is 12.2. The Kier molecular flexibility index (Phi) is 8.56. The molecule has 1 aromatic heterocycles. The van der Waals surface area contributed by atoms with E-state index in [1.807, 2.05) is 5.92 Å². The Morgan fingerprint density at radius 3 is 2.71 bits per heavy atom. The second-order valence-electron chi connectivity index (χ2n) is 8.54. The minimum atomic E-state index is -4.62. The summed E-state index contributed by atoms with van der Waals surface area (Å²) >= 11 is 5.39. The van der Waals surface area contributed by atoms with E-state index in [0.717, 1.165) is 6.20 Å². The van der Waals surface area contributed by atoms with Gasteiger partial charge in [0.2, 0.25) is 11.9 Å². The van der Waals surface area contributed by atoms with Gasteiger partial charge in [-0.15, -0.1) is 0 Å². The Bertz CT molecular complexity index is 1390. The Morgan fingerprint density at radius 1 is 1.42 bits per heavy atom. The smallest absolute Gasteiger partial charge is 0.380 e. The summed E-state index contributed by atoms with van der Waals surface area (Å²) in [4.78, 5) is 28.2. The molecule has 1 fully saturated rings. The number of ether oxygens (including phenoxy) is 2. The van der Waals surface area contributed by atoms with Gasteiger partial charge in [-0.25, -0.2) is 13.8 Å². The summed E-state index contributed by atoms with van der Waals surface area (Å²) in [5, 5.41) is 16.2. The van der Waals surface area contributed by atoms with Crippen molar-refractivity contribution in [2.45, 2.75) is 51.0 Å². The van der Waals surface area contributed by atoms with Crippen molar-refractivity contribution in [2.75, 3.05) is 18.5 Å². The zero-order chi connectivity index (χ0) is 29.9. The molecule has 0 bridgehead atoms. The lowest BCUT2D eigenvalue weighted by Crippen LogP contribution is -2.45. The molecule has 2 aromatic rings. The van der Waals surface area contributed by atoms with E-state index in [4.69, 9.17) is 38.6 Å². The molecule has 0 amide bonds. The predicted octanol–water partition coefficient (Wildman–Crippen LogP) is 2.26. The van der Waals surface area contributed by atoms with Gasteiger partial charge in [0.15, 0.2) is 0 Å². The number of carbonyl (C=O) groups is 1. The number of nitrogen functional groups attached to an aromatic ring is 1. The number of para-hydroxylation sites is 1. The Morgan fingerprint density at radius 2 is 2.11 bits per heavy atom. The van der Waals surface area contributed by atoms with Gasteiger partial charge in [-0.1, -0.05) is 25.1 Å². The van der Waals surface area contributed by atoms with Crippen LogP contribution in [0.25, 0.3) is 0 Å². The standard InChI is InChI=1S/C23H27ClFN4O8P/c1-14(2)35-20(31)15(3)13-38(33,37-16-7-5-4-6-8-16)34-12-17-19(30)23(25,9-10-24)21(36-17)29-22(32)28-18(26)11-27-29/h4-8,11,14-15,17,19,21,30H,12-13H2,1-3H3,(H2,26,28,32)/t15-,17-,19+,21-,23?,38+/m1/s1/i12D2. The molecule has 2 heterocycles. The molecule has 0 aliphatic carbocycles. The Hall–Kier alpha value is -3.01. The molecule has 12 nitrogen and oxygen atoms in total. The average Bonchev–Trinajstić information content (AvgIpc) is 3.10. The molecule has 15 heteroatoms. The number of hydrogen-bond acceptors (Lipinski definition) is 11. The lowest BCUT2D eigenvalue weighted by Gasteiger charge is -2.24. The highest BCUT2D eigenvalue weighted by Crippen LogP contribution is 2.51. The van der Waals surface area contributed by atoms with Gasteiger partial charge in [0, 0.05) is 5.38 Å². The molecule has 3 N–H and O–H groups in total. The summed E-state index contributed by atoms with van der Waals surface area (Å²) in [5.74, 6) is -0.280. The van der Waals surface area contributed by atoms with Crippen LogP contribution in [0.3, 0.4) is 0 Å². The fourth-order valence-electron chi connectivity index (χ4n) is 3.36. The molecule has 1 aliphatic heterocycles. The number of rotatable bonds is 10. The highest BCUT2D eigenvalue weighted by molar-refractivity contribution is 7.54. The largest absolute Gasteiger partial charge is 0.463 e. The van der Waals surface area contributed by atoms with Gasteiger partial charge in [0.05, 0.1) is 33.7 Å². The third-order valence-electron chi connectivity index (χ3n) is 5.10. The molecular weight excluding hydrogens is 546 g/mol. The summed E-state index contributed by atoms with van der Waals surface area (Å²) < 4.78 is 68.6. The number of hydrogen-bond donors (Lipinski definition) is 2. The number of alkyl halides is 1. The topological polar surface area (TPSA) is 165 Å². The third kappa shape index (κ3) is 6.89. The van der Waals surface area contributed by atoms with Crippen LogP contribution in [0.1, 0.15) is 29.7 Å². The number of aliphatic hydroxyl groups excluding tert-OH is 1. The molecule has 1 saturated heterocycles. The molecular formula is C23H27ClFN4O8P. The molecule has 6 atom stereocenters. The zero-order valence-electron chi connectivity index (χ0n) is 22.5. The molecule has 1 aromatic carbocycles. The average molecular weight is 575 g/mol. The van der Waals surface area contributed by atoms with Gasteiger partial charge in [-0.2, -0.15) is 14.8 Å². The van der Waals surface area contributed by atoms with E-state index >= 15 is 4.39 Å². The highest BCUT2D eigenvalue weighted by Gasteiger charge is 2.59. The van der Waals surface area contributed by atoms with Crippen molar-refractivity contribution in [1.29, 1.82) is 0 Å². The lowest BCUT2D eigenvalue weighted by molar-refractivity contribution is -0.151. The molecule has 0 spiro atoms. The van der Waals surface area contributed by atoms with Gasteiger partial charge in [-0.05, 0) is 43.5 Å². The summed E-state index contributed by atoms with van der Waals surface area (Å²) in [6, 6.07) is 7.56. The van der Waals surface area contributed by atoms with Crippen molar-refractivity contribution in [3.05, 3.63) is 47.0 Å². The fraction of sp³-hybridized carbons (Fsp3) is 0.478. The molecule has 1 unspecified atom stereocenters. The van der Waals surface area contributed by atoms with Crippen molar-refractivity contribution in [2.24, 2.45) is 5.92 Å². The van der Waals surface area contributed by atoms with Gasteiger partial charge in [0.25, 0.3) is 0 Å². The highest BCUT2D eigenvalue weighted by atomic mass is 35.5. The minimum absolute atomic E-state index is 0.00775. The van der Waals surface area contributed by atoms with Crippen molar-refractivity contribution in [3.8, 4) is 17.0 Å². The third-order valence-corrected chi connectivity index (χ3v) is 7.06. The molecule has 1 aliphatic rings. The number of benzene rings is 1. The maximum absolute atomic E-state index is 16.1. The number of aromatic nitrogens is 3. The molecule has 0 saturated carbocycles. The summed E-state index contributed by atoms with van der Waals surface area (Å²) in [7, 11) is -4.62. The SMILES string of the molecule is [2H]C([2H])(O[P@@](=O)(C[C@@H](C)C(=O)OC(C)C)Oc1ccccc1)[C@H]1O[C@@H](n2ncc(N)nc2=O)C(F)(C#CCl)[C@H]1O. The van der Waals surface area contributed by atoms with E-state index in [9.17, 15) is 19.3 Å². The minimum Gasteiger partial charge on any atom is -0.463 e. The summed E-state index contributed by atoms with van der Waals surface area (Å²) in [5.41, 5.74) is 1.01. The number of carbonyl (C=O) groups excluding carboxylic acids is 1. The maximum Gasteiger partial charge on any atom is 0.380 e. The Labute approximate surface area is 225 Å². The van der Waals surface area contributed by atoms with Gasteiger partial charge >= 0.3 is 19.3 Å². The number of nitrogens with zero attached hydrogens (tertiary/aromatic N) is 3. The van der Waals surface area contributed by atoms with E-state index in [0.29, 0.717) is 4.68 Å². The van der Waals surface area contributed by atoms with E-state index < -0.39 is 68.1 Å². The summed E-state index contributed by atoms with van der Waals surface area (Å²) in [6.45, 7) is 1.32. The summed E-state index contributed by atoms with van der Waals surface area (Å²) in [6.07, 6.45) is -7.16. The molecule has 206 valence electrons. The van der Waals surface area contributed by atoms with Crippen LogP contribution in [0.2, 0.25) is 0 Å². The van der Waals surface area contributed by atoms with Crippen LogP contribution in [0, 0.1) is 17.2 Å². The lowest BCUT2D eigenvalue weighted by atomic mass is 9.97. The van der Waals surface area contributed by atoms with Crippen molar-refractivity contribution >= 4 is 31.0 Å². The van der Waals surface area contributed by atoms with Crippen LogP contribution in [0.4, 0.5) is 10.2 Å². The quantitative estimate of drug-likeness (QED) is 0.243. The van der Waals surface area contributed by atoms with Crippen LogP contribution in [0.15, 0.2) is 41.3 Å². The van der Waals surface area contributed by atoms with E-state index in [2.05, 4.69) is 10.1 Å². The number of nitrogens with two attached hydrogens (primary N) is 1. The van der Waals surface area contributed by atoms with E-state index in [1.54, 1.807) is 37.4 Å².